The third-order valence-electron chi connectivity index (χ3n) is 2.81. The number of rotatable bonds is 1. The summed E-state index contributed by atoms with van der Waals surface area (Å²) >= 11 is 11.8. The van der Waals surface area contributed by atoms with Gasteiger partial charge >= 0.3 is 0 Å². The summed E-state index contributed by atoms with van der Waals surface area (Å²) in [4.78, 5) is 30.6. The van der Waals surface area contributed by atoms with E-state index in [1.54, 1.807) is 24.3 Å². The van der Waals surface area contributed by atoms with E-state index in [1.807, 2.05) is 0 Å². The molecule has 0 unspecified atom stereocenters. The first-order chi connectivity index (χ1) is 9.58. The van der Waals surface area contributed by atoms with E-state index in [2.05, 4.69) is 9.97 Å². The lowest BCUT2D eigenvalue weighted by atomic mass is 10.2. The molecular weight excluding hydrogens is 301 g/mol. The van der Waals surface area contributed by atoms with Gasteiger partial charge in [0.1, 0.15) is 5.69 Å². The lowest BCUT2D eigenvalue weighted by Crippen LogP contribution is -2.26. The fourth-order valence-electron chi connectivity index (χ4n) is 1.95. The van der Waals surface area contributed by atoms with E-state index in [9.17, 15) is 9.59 Å². The number of H-pyrrole nitrogens is 1. The summed E-state index contributed by atoms with van der Waals surface area (Å²) in [5.74, 6) is 0. The van der Waals surface area contributed by atoms with Crippen molar-refractivity contribution in [2.24, 2.45) is 0 Å². The van der Waals surface area contributed by atoms with E-state index in [-0.39, 0.29) is 10.8 Å². The predicted octanol–water partition coefficient (Wildman–Crippen LogP) is 2.38. The Labute approximate surface area is 122 Å². The maximum atomic E-state index is 12.2. The van der Waals surface area contributed by atoms with Crippen molar-refractivity contribution in [1.82, 2.24) is 14.5 Å². The normalized spacial score (nSPS) is 10.9. The van der Waals surface area contributed by atoms with Gasteiger partial charge in [-0.3, -0.25) is 14.2 Å². The minimum atomic E-state index is -0.571. The first-order valence-electron chi connectivity index (χ1n) is 5.64. The predicted molar refractivity (Wildman–Crippen MR) is 78.0 cm³/mol. The molecule has 0 aliphatic rings. The molecule has 0 amide bonds. The Balaban J connectivity index is 2.54. The molecule has 0 spiro atoms. The van der Waals surface area contributed by atoms with Crippen molar-refractivity contribution >= 4 is 34.2 Å². The number of aromatic nitrogens is 3. The van der Waals surface area contributed by atoms with Crippen LogP contribution < -0.4 is 11.1 Å². The molecule has 0 saturated heterocycles. The quantitative estimate of drug-likeness (QED) is 0.750. The Kier molecular flexibility index (Phi) is 3.08. The lowest BCUT2D eigenvalue weighted by molar-refractivity contribution is 0.985. The largest absolute Gasteiger partial charge is 0.327 e. The van der Waals surface area contributed by atoms with Crippen LogP contribution in [-0.4, -0.2) is 14.5 Å². The third kappa shape index (κ3) is 2.01. The van der Waals surface area contributed by atoms with Crippen LogP contribution in [0, 0.1) is 0 Å². The van der Waals surface area contributed by atoms with E-state index in [0.29, 0.717) is 16.1 Å². The first-order valence-corrected chi connectivity index (χ1v) is 6.39. The van der Waals surface area contributed by atoms with Crippen molar-refractivity contribution in [3.63, 3.8) is 0 Å². The van der Waals surface area contributed by atoms with Gasteiger partial charge in [-0.1, -0.05) is 23.2 Å². The van der Waals surface area contributed by atoms with Crippen LogP contribution in [0.1, 0.15) is 0 Å². The number of nitrogens with one attached hydrogen (secondary N) is 1. The highest BCUT2D eigenvalue weighted by Gasteiger charge is 2.13. The summed E-state index contributed by atoms with van der Waals surface area (Å²) in [6.07, 6.45) is 1.48. The molecule has 0 radical (unpaired) electrons. The molecule has 0 aliphatic heterocycles. The van der Waals surface area contributed by atoms with Crippen molar-refractivity contribution in [3.05, 3.63) is 67.4 Å². The van der Waals surface area contributed by atoms with Gasteiger partial charge in [0.25, 0.3) is 11.1 Å². The Hall–Kier alpha value is -2.11. The monoisotopic (exact) mass is 307 g/mol. The van der Waals surface area contributed by atoms with Crippen LogP contribution in [0.2, 0.25) is 10.2 Å². The zero-order valence-electron chi connectivity index (χ0n) is 9.93. The molecule has 2 heterocycles. The average molecular weight is 308 g/mol. The Morgan fingerprint density at radius 3 is 2.70 bits per heavy atom. The van der Waals surface area contributed by atoms with E-state index < -0.39 is 11.1 Å². The highest BCUT2D eigenvalue weighted by molar-refractivity contribution is 6.31. The minimum absolute atomic E-state index is 0.161. The summed E-state index contributed by atoms with van der Waals surface area (Å²) < 4.78 is 1.20. The molecule has 20 heavy (non-hydrogen) atoms. The summed E-state index contributed by atoms with van der Waals surface area (Å²) in [7, 11) is 0. The Morgan fingerprint density at radius 1 is 1.15 bits per heavy atom. The molecule has 0 atom stereocenters. The van der Waals surface area contributed by atoms with E-state index in [0.717, 1.165) is 0 Å². The van der Waals surface area contributed by atoms with E-state index >= 15 is 0 Å². The number of hydrogen-bond donors (Lipinski definition) is 1. The fourth-order valence-corrected chi connectivity index (χ4v) is 2.30. The van der Waals surface area contributed by atoms with Crippen LogP contribution in [0.3, 0.4) is 0 Å². The number of aromatic amines is 1. The first kappa shape index (κ1) is 12.9. The number of fused-ring (bicyclic) bond motifs is 1. The Bertz CT molecular complexity index is 931. The van der Waals surface area contributed by atoms with Crippen LogP contribution in [0.5, 0.6) is 0 Å². The highest BCUT2D eigenvalue weighted by atomic mass is 35.5. The lowest BCUT2D eigenvalue weighted by Gasteiger charge is -2.09. The average Bonchev–Trinajstić information content (AvgIpc) is 2.42. The van der Waals surface area contributed by atoms with Gasteiger partial charge in [0.2, 0.25) is 0 Å². The smallest absolute Gasteiger partial charge is 0.293 e. The molecule has 7 heteroatoms. The molecule has 0 bridgehead atoms. The molecule has 3 rings (SSSR count). The Morgan fingerprint density at radius 2 is 1.95 bits per heavy atom. The maximum absolute atomic E-state index is 12.2. The van der Waals surface area contributed by atoms with Gasteiger partial charge < -0.3 is 4.98 Å². The zero-order chi connectivity index (χ0) is 14.3. The van der Waals surface area contributed by atoms with E-state index in [4.69, 9.17) is 23.2 Å². The van der Waals surface area contributed by atoms with Crippen molar-refractivity contribution < 1.29 is 0 Å². The van der Waals surface area contributed by atoms with Crippen molar-refractivity contribution in [1.29, 1.82) is 0 Å². The van der Waals surface area contributed by atoms with Gasteiger partial charge in [-0.05, 0) is 30.3 Å². The van der Waals surface area contributed by atoms with E-state index in [1.165, 1.54) is 16.8 Å². The summed E-state index contributed by atoms with van der Waals surface area (Å²) in [5.41, 5.74) is 0.0798. The van der Waals surface area contributed by atoms with Crippen molar-refractivity contribution in [3.8, 4) is 5.69 Å². The molecule has 100 valence electrons. The van der Waals surface area contributed by atoms with Crippen LogP contribution in [-0.2, 0) is 0 Å². The second-order valence-electron chi connectivity index (χ2n) is 4.06. The third-order valence-corrected chi connectivity index (χ3v) is 3.30. The number of benzene rings is 1. The summed E-state index contributed by atoms with van der Waals surface area (Å²) in [6, 6.07) is 7.98. The molecule has 0 saturated carbocycles. The maximum Gasteiger partial charge on any atom is 0.293 e. The van der Waals surface area contributed by atoms with Crippen molar-refractivity contribution in [2.75, 3.05) is 0 Å². The molecule has 5 nitrogen and oxygen atoms in total. The van der Waals surface area contributed by atoms with Crippen LogP contribution >= 0.6 is 23.2 Å². The van der Waals surface area contributed by atoms with Gasteiger partial charge in [0.15, 0.2) is 5.15 Å². The summed E-state index contributed by atoms with van der Waals surface area (Å²) in [6.45, 7) is 0. The molecule has 0 fully saturated rings. The number of hydrogen-bond acceptors (Lipinski definition) is 3. The van der Waals surface area contributed by atoms with Crippen molar-refractivity contribution in [2.45, 2.75) is 0 Å². The van der Waals surface area contributed by atoms with Gasteiger partial charge in [-0.2, -0.15) is 0 Å². The molecule has 3 aromatic rings. The molecule has 1 N–H and O–H groups in total. The second-order valence-corrected chi connectivity index (χ2v) is 4.86. The second kappa shape index (κ2) is 4.77. The standard InChI is InChI=1S/C13H7Cl2N3O2/c14-7-3-4-8-10(6-7)18(13(20)11(15)17-8)9-2-1-5-16-12(9)19/h1-6H,(H,16,19). The number of halogens is 2. The number of pyridine rings is 1. The topological polar surface area (TPSA) is 67.8 Å². The van der Waals surface area contributed by atoms with Gasteiger partial charge in [0.05, 0.1) is 11.0 Å². The van der Waals surface area contributed by atoms with Crippen LogP contribution in [0.4, 0.5) is 0 Å². The zero-order valence-corrected chi connectivity index (χ0v) is 11.4. The van der Waals surface area contributed by atoms with Crippen LogP contribution in [0.25, 0.3) is 16.7 Å². The molecule has 1 aromatic carbocycles. The SMILES string of the molecule is O=c1[nH]cccc1-n1c(=O)c(Cl)nc2ccc(Cl)cc21. The number of nitrogens with zero attached hydrogens (tertiary/aromatic N) is 2. The summed E-state index contributed by atoms with van der Waals surface area (Å²) in [5, 5.41) is 0.227. The minimum Gasteiger partial charge on any atom is -0.327 e. The highest BCUT2D eigenvalue weighted by Crippen LogP contribution is 2.19. The van der Waals surface area contributed by atoms with Crippen LogP contribution in [0.15, 0.2) is 46.1 Å². The molecule has 0 aliphatic carbocycles. The fraction of sp³-hybridized carbons (Fsp3) is 0. The molecular formula is C13H7Cl2N3O2. The van der Waals surface area contributed by atoms with Gasteiger partial charge in [-0.25, -0.2) is 4.98 Å². The van der Waals surface area contributed by atoms with Gasteiger partial charge in [-0.15, -0.1) is 0 Å². The van der Waals surface area contributed by atoms with Gasteiger partial charge in [0, 0.05) is 11.2 Å². The molecule has 2 aromatic heterocycles.